The summed E-state index contributed by atoms with van der Waals surface area (Å²) < 4.78 is 7.39. The molecule has 1 saturated heterocycles. The van der Waals surface area contributed by atoms with Gasteiger partial charge in [0.15, 0.2) is 0 Å². The number of amides is 1. The van der Waals surface area contributed by atoms with E-state index < -0.39 is 0 Å². The average Bonchev–Trinajstić information content (AvgIpc) is 3.50. The van der Waals surface area contributed by atoms with Crippen molar-refractivity contribution in [3.63, 3.8) is 0 Å². The van der Waals surface area contributed by atoms with E-state index >= 15 is 0 Å². The number of carbonyl (C=O) groups is 1. The molecule has 8 nitrogen and oxygen atoms in total. The molecule has 0 spiro atoms. The van der Waals surface area contributed by atoms with Crippen LogP contribution in [0.25, 0.3) is 33.3 Å². The van der Waals surface area contributed by atoms with Gasteiger partial charge < -0.3 is 20.8 Å². The molecule has 4 aromatic rings. The second-order valence-electron chi connectivity index (χ2n) is 8.74. The van der Waals surface area contributed by atoms with E-state index in [1.807, 2.05) is 54.7 Å². The topological polar surface area (TPSA) is 105 Å². The van der Waals surface area contributed by atoms with Crippen molar-refractivity contribution in [3.05, 3.63) is 65.3 Å². The molecular weight excluding hydrogens is 476 g/mol. The lowest BCUT2D eigenvalue weighted by Gasteiger charge is -2.15. The molecule has 5 rings (SSSR count). The third-order valence-electron chi connectivity index (χ3n) is 6.44. The average molecular weight is 503 g/mol. The first-order chi connectivity index (χ1) is 17.6. The molecule has 3 N–H and O–H groups in total. The molecule has 0 saturated carbocycles. The van der Waals surface area contributed by atoms with Crippen LogP contribution in [0.3, 0.4) is 0 Å². The number of nitrogens with zero attached hydrogens (tertiary/aromatic N) is 3. The number of benzene rings is 2. The highest BCUT2D eigenvalue weighted by atomic mass is 35.5. The van der Waals surface area contributed by atoms with Gasteiger partial charge >= 0.3 is 0 Å². The molecule has 0 radical (unpaired) electrons. The molecule has 1 fully saturated rings. The number of rotatable bonds is 9. The van der Waals surface area contributed by atoms with E-state index in [9.17, 15) is 4.79 Å². The van der Waals surface area contributed by atoms with Crippen LogP contribution in [0.2, 0.25) is 5.02 Å². The fourth-order valence-corrected chi connectivity index (χ4v) is 4.97. The normalized spacial score (nSPS) is 15.3. The molecule has 0 unspecified atom stereocenters. The Balaban J connectivity index is 1.42. The predicted molar refractivity (Wildman–Crippen MR) is 142 cm³/mol. The summed E-state index contributed by atoms with van der Waals surface area (Å²) in [5.74, 6) is 0.646. The Morgan fingerprint density at radius 2 is 2.00 bits per heavy atom. The van der Waals surface area contributed by atoms with Gasteiger partial charge in [0.2, 0.25) is 11.8 Å². The number of methoxy groups -OCH3 is 1. The Kier molecular flexibility index (Phi) is 6.97. The van der Waals surface area contributed by atoms with Gasteiger partial charge in [0, 0.05) is 53.8 Å². The summed E-state index contributed by atoms with van der Waals surface area (Å²) in [6.45, 7) is 1.70. The zero-order valence-electron chi connectivity index (χ0n) is 19.9. The largest absolute Gasteiger partial charge is 0.481 e. The molecule has 1 aliphatic rings. The molecule has 0 aliphatic carbocycles. The summed E-state index contributed by atoms with van der Waals surface area (Å²) in [6.07, 6.45) is 4.59. The van der Waals surface area contributed by atoms with Gasteiger partial charge in [0.25, 0.3) is 0 Å². The van der Waals surface area contributed by atoms with Gasteiger partial charge in [-0.2, -0.15) is 5.10 Å². The highest BCUT2D eigenvalue weighted by Crippen LogP contribution is 2.39. The maximum Gasteiger partial charge on any atom is 0.220 e. The summed E-state index contributed by atoms with van der Waals surface area (Å²) in [4.78, 5) is 16.2. The van der Waals surface area contributed by atoms with Crippen molar-refractivity contribution in [1.82, 2.24) is 25.4 Å². The predicted octanol–water partition coefficient (Wildman–Crippen LogP) is 4.45. The number of aromatic nitrogens is 3. The third-order valence-corrected chi connectivity index (χ3v) is 6.85. The standard InChI is InChI=1S/C27H27ClN6O2/c1-36-27-17(14-30-15-18-9-11-25(35)32-18)8-10-23(33-27)21-6-2-5-20(26(21)28)19-4-3-7-24-22(19)16-31-34(24)13-12-29/h2-8,10,12,16,18,29-30H,9,11,13-15H2,1H3,(H,32,35)/t18-/m0/s1. The maximum atomic E-state index is 11.4. The van der Waals surface area contributed by atoms with E-state index in [0.717, 1.165) is 45.3 Å². The first-order valence-corrected chi connectivity index (χ1v) is 12.2. The molecule has 9 heteroatoms. The van der Waals surface area contributed by atoms with Crippen molar-refractivity contribution in [1.29, 1.82) is 5.41 Å². The molecule has 2 aromatic carbocycles. The van der Waals surface area contributed by atoms with Gasteiger partial charge in [-0.05, 0) is 24.1 Å². The summed E-state index contributed by atoms with van der Waals surface area (Å²) in [7, 11) is 1.61. The van der Waals surface area contributed by atoms with Crippen LogP contribution < -0.4 is 15.4 Å². The summed E-state index contributed by atoms with van der Waals surface area (Å²) >= 11 is 6.96. The van der Waals surface area contributed by atoms with Crippen molar-refractivity contribution in [2.75, 3.05) is 13.7 Å². The fraction of sp³-hybridized carbons (Fsp3) is 0.259. The maximum absolute atomic E-state index is 11.4. The number of nitrogens with one attached hydrogen (secondary N) is 3. The second kappa shape index (κ2) is 10.5. The number of hydrogen-bond donors (Lipinski definition) is 3. The molecule has 0 bridgehead atoms. The highest BCUT2D eigenvalue weighted by molar-refractivity contribution is 6.36. The van der Waals surface area contributed by atoms with Gasteiger partial charge in [-0.15, -0.1) is 0 Å². The van der Waals surface area contributed by atoms with Crippen LogP contribution in [0.15, 0.2) is 54.7 Å². The van der Waals surface area contributed by atoms with Crippen molar-refractivity contribution in [3.8, 4) is 28.3 Å². The number of fused-ring (bicyclic) bond motifs is 1. The molecular formula is C27H27ClN6O2. The van der Waals surface area contributed by atoms with Crippen molar-refractivity contribution >= 4 is 34.6 Å². The van der Waals surface area contributed by atoms with Gasteiger partial charge in [-0.25, -0.2) is 4.98 Å². The lowest BCUT2D eigenvalue weighted by atomic mass is 9.98. The molecule has 1 atom stereocenters. The lowest BCUT2D eigenvalue weighted by Crippen LogP contribution is -2.35. The van der Waals surface area contributed by atoms with E-state index in [0.29, 0.717) is 37.0 Å². The van der Waals surface area contributed by atoms with Crippen LogP contribution in [0.5, 0.6) is 5.88 Å². The van der Waals surface area contributed by atoms with Crippen LogP contribution in [0, 0.1) is 5.41 Å². The molecule has 3 heterocycles. The summed E-state index contributed by atoms with van der Waals surface area (Å²) in [5.41, 5.74) is 5.27. The van der Waals surface area contributed by atoms with E-state index in [-0.39, 0.29) is 11.9 Å². The molecule has 184 valence electrons. The van der Waals surface area contributed by atoms with E-state index in [4.69, 9.17) is 26.7 Å². The van der Waals surface area contributed by atoms with Gasteiger partial charge in [0.05, 0.1) is 36.1 Å². The van der Waals surface area contributed by atoms with Crippen LogP contribution in [-0.4, -0.2) is 46.6 Å². The highest BCUT2D eigenvalue weighted by Gasteiger charge is 2.20. The van der Waals surface area contributed by atoms with Crippen LogP contribution in [-0.2, 0) is 17.9 Å². The first kappa shape index (κ1) is 24.0. The number of halogens is 1. The van der Waals surface area contributed by atoms with Crippen molar-refractivity contribution < 1.29 is 9.53 Å². The Labute approximate surface area is 214 Å². The quantitative estimate of drug-likeness (QED) is 0.293. The minimum absolute atomic E-state index is 0.112. The first-order valence-electron chi connectivity index (χ1n) is 11.9. The number of pyridine rings is 1. The third kappa shape index (κ3) is 4.69. The fourth-order valence-electron chi connectivity index (χ4n) is 4.65. The van der Waals surface area contributed by atoms with Crippen molar-refractivity contribution in [2.45, 2.75) is 32.0 Å². The zero-order chi connectivity index (χ0) is 25.1. The zero-order valence-corrected chi connectivity index (χ0v) is 20.7. The molecule has 1 aliphatic heterocycles. The number of ether oxygens (including phenoxy) is 1. The van der Waals surface area contributed by atoms with Crippen LogP contribution >= 0.6 is 11.6 Å². The smallest absolute Gasteiger partial charge is 0.220 e. The lowest BCUT2D eigenvalue weighted by molar-refractivity contribution is -0.119. The van der Waals surface area contributed by atoms with E-state index in [1.165, 1.54) is 6.21 Å². The minimum Gasteiger partial charge on any atom is -0.481 e. The van der Waals surface area contributed by atoms with Crippen molar-refractivity contribution in [2.24, 2.45) is 0 Å². The minimum atomic E-state index is 0.112. The van der Waals surface area contributed by atoms with Crippen LogP contribution in [0.4, 0.5) is 0 Å². The molecule has 1 amide bonds. The second-order valence-corrected chi connectivity index (χ2v) is 9.11. The Bertz CT molecular complexity index is 1430. The Morgan fingerprint density at radius 3 is 2.78 bits per heavy atom. The van der Waals surface area contributed by atoms with E-state index in [2.05, 4.69) is 15.7 Å². The molecule has 2 aromatic heterocycles. The summed E-state index contributed by atoms with van der Waals surface area (Å²) in [6, 6.07) is 16.0. The van der Waals surface area contributed by atoms with Gasteiger partial charge in [-0.1, -0.05) is 48.0 Å². The SMILES string of the molecule is COc1nc(-c2cccc(-c3cccc4c3cnn4CC=N)c2Cl)ccc1CNC[C@@H]1CCC(=O)N1. The monoisotopic (exact) mass is 502 g/mol. The molecule has 36 heavy (non-hydrogen) atoms. The van der Waals surface area contributed by atoms with Crippen LogP contribution in [0.1, 0.15) is 18.4 Å². The van der Waals surface area contributed by atoms with Gasteiger partial charge in [0.1, 0.15) is 0 Å². The Hall–Kier alpha value is -3.75. The number of carbonyl (C=O) groups excluding carboxylic acids is 1. The number of hydrogen-bond acceptors (Lipinski definition) is 6. The van der Waals surface area contributed by atoms with E-state index in [1.54, 1.807) is 11.8 Å². The Morgan fingerprint density at radius 1 is 1.19 bits per heavy atom. The summed E-state index contributed by atoms with van der Waals surface area (Å²) in [5, 5.41) is 19.8. The van der Waals surface area contributed by atoms with Gasteiger partial charge in [-0.3, -0.25) is 9.48 Å².